The first-order valence-corrected chi connectivity index (χ1v) is 33.8. The number of carboxylic acids is 1. The number of hydrogen-bond acceptors (Lipinski definition) is 6. The molecule has 3 N–H and O–H groups in total. The van der Waals surface area contributed by atoms with Crippen LogP contribution in [0.2, 0.25) is 0 Å². The molecular weight excluding hydrogens is 1140 g/mol. The number of aliphatic carboxylic acids is 1. The molecule has 0 spiro atoms. The standard InChI is InChI=1S/C84H93N5O4/c1-15-17-19-21-23-53-26-32-63(33-27-53)89(64-34-28-54(29-35-64)24-22-20-18-16-2)78-73-43-41-71(87-73)76(57-46-59(81(3,4)5)51-60(47-57)82(6,7)8)69-39-37-67(85-69)65(36-30-55-25-31-56-50-66(79(90)91)80(92)93-75(56)45-55)68-38-40-70(86-68)77(72-42-44-74(78)88-72)58-48-61(83(9,10)11)52-62(49-58)84(12,13)14/h25-29,31-35,37-49,51-52,66,85,88H,15-24,50H2,1-14H3,(H,90,91). The molecule has 0 fully saturated rings. The third-order valence-corrected chi connectivity index (χ3v) is 18.5. The van der Waals surface area contributed by atoms with Gasteiger partial charge in [0, 0.05) is 45.5 Å². The molecule has 9 nitrogen and oxygen atoms in total. The highest BCUT2D eigenvalue weighted by atomic mass is 16.5. The number of ether oxygens (including phenoxy) is 1. The van der Waals surface area contributed by atoms with Crippen molar-refractivity contribution in [3.8, 4) is 39.8 Å². The molecule has 478 valence electrons. The number of fused-ring (bicyclic) bond motifs is 9. The van der Waals surface area contributed by atoms with Crippen molar-refractivity contribution >= 4 is 75.4 Å². The summed E-state index contributed by atoms with van der Waals surface area (Å²) in [6, 6.07) is 46.6. The summed E-state index contributed by atoms with van der Waals surface area (Å²) in [5.41, 5.74) is 22.1. The molecule has 3 aliphatic heterocycles. The molecule has 6 heterocycles. The van der Waals surface area contributed by atoms with Gasteiger partial charge in [-0.05, 0) is 182 Å². The summed E-state index contributed by atoms with van der Waals surface area (Å²) in [4.78, 5) is 46.9. The van der Waals surface area contributed by atoms with Crippen LogP contribution < -0.4 is 9.64 Å². The number of anilines is 3. The van der Waals surface area contributed by atoms with E-state index in [2.05, 4.69) is 257 Å². The molecule has 3 aliphatic rings. The van der Waals surface area contributed by atoms with Crippen LogP contribution in [0.1, 0.15) is 221 Å². The predicted octanol–water partition coefficient (Wildman–Crippen LogP) is 21.5. The minimum absolute atomic E-state index is 0.0450. The van der Waals surface area contributed by atoms with Crippen molar-refractivity contribution in [2.45, 2.75) is 189 Å². The van der Waals surface area contributed by atoms with Crippen molar-refractivity contribution in [2.75, 3.05) is 4.90 Å². The molecule has 93 heavy (non-hydrogen) atoms. The van der Waals surface area contributed by atoms with Gasteiger partial charge in [-0.15, -0.1) is 0 Å². The van der Waals surface area contributed by atoms with E-state index in [-0.39, 0.29) is 28.1 Å². The van der Waals surface area contributed by atoms with Crippen molar-refractivity contribution in [3.63, 3.8) is 0 Å². The number of esters is 1. The summed E-state index contributed by atoms with van der Waals surface area (Å²) in [6.07, 6.45) is 20.3. The zero-order valence-corrected chi connectivity index (χ0v) is 57.3. The Balaban J connectivity index is 1.26. The zero-order chi connectivity index (χ0) is 66.1. The van der Waals surface area contributed by atoms with Crippen molar-refractivity contribution in [3.05, 3.63) is 200 Å². The van der Waals surface area contributed by atoms with Crippen molar-refractivity contribution in [1.29, 1.82) is 0 Å². The Morgan fingerprint density at radius 2 is 0.957 bits per heavy atom. The van der Waals surface area contributed by atoms with Gasteiger partial charge in [-0.3, -0.25) is 9.59 Å². The van der Waals surface area contributed by atoms with E-state index < -0.39 is 17.9 Å². The fourth-order valence-corrected chi connectivity index (χ4v) is 12.7. The normalized spacial score (nSPS) is 14.0. The highest BCUT2D eigenvalue weighted by Crippen LogP contribution is 2.45. The second-order valence-electron chi connectivity index (χ2n) is 30.0. The van der Waals surface area contributed by atoms with E-state index in [1.165, 1.54) is 71.9 Å². The van der Waals surface area contributed by atoms with Crippen LogP contribution in [0.25, 0.3) is 68.6 Å². The van der Waals surface area contributed by atoms with Crippen LogP contribution >= 0.6 is 0 Å². The van der Waals surface area contributed by atoms with Gasteiger partial charge in [0.05, 0.1) is 45.1 Å². The number of unbranched alkanes of at least 4 members (excludes halogenated alkanes) is 6. The molecule has 8 aromatic rings. The summed E-state index contributed by atoms with van der Waals surface area (Å²) in [5, 5.41) is 9.79. The molecule has 1 unspecified atom stereocenters. The molecule has 0 saturated heterocycles. The Hall–Kier alpha value is -9.00. The number of benzene rings is 5. The second-order valence-corrected chi connectivity index (χ2v) is 30.0. The van der Waals surface area contributed by atoms with Gasteiger partial charge in [0.15, 0.2) is 5.92 Å². The molecule has 5 aromatic carbocycles. The molecular formula is C84H93N5O4. The Kier molecular flexibility index (Phi) is 18.7. The van der Waals surface area contributed by atoms with Crippen molar-refractivity contribution in [1.82, 2.24) is 19.9 Å². The van der Waals surface area contributed by atoms with Crippen LogP contribution in [0.15, 0.2) is 127 Å². The molecule has 1 atom stereocenters. The molecule has 0 amide bonds. The topological polar surface area (TPSA) is 124 Å². The number of carbonyl (C=O) groups is 2. The lowest BCUT2D eigenvalue weighted by Crippen LogP contribution is -2.33. The van der Waals surface area contributed by atoms with E-state index in [9.17, 15) is 14.7 Å². The van der Waals surface area contributed by atoms with E-state index in [0.717, 1.165) is 104 Å². The molecule has 3 aromatic heterocycles. The fourth-order valence-electron chi connectivity index (χ4n) is 12.7. The average molecular weight is 1240 g/mol. The highest BCUT2D eigenvalue weighted by Gasteiger charge is 2.35. The summed E-state index contributed by atoms with van der Waals surface area (Å²) >= 11 is 0. The average Bonchev–Trinajstić information content (AvgIpc) is 1.69. The lowest BCUT2D eigenvalue weighted by Gasteiger charge is -2.27. The SMILES string of the molecule is CCCCCCc1ccc(N(c2ccc(CCCCCC)cc2)c2c3nc(c(-c4cc(C(C)(C)C)cc(C(C)(C)C)c4)c4ccc([nH]4)c(C#Cc4ccc5c(c4)OC(=O)C(C(=O)O)C5)c4nc(c(-c5cc(C(C)(C)C)cc(C(C)(C)C)c5)c5ccc2[nH]5)C=C4)C=C3)cc1. The number of hydrogen-bond donors (Lipinski definition) is 3. The van der Waals surface area contributed by atoms with Gasteiger partial charge >= 0.3 is 11.9 Å². The molecule has 8 bridgehead atoms. The molecule has 0 aliphatic carbocycles. The smallest absolute Gasteiger partial charge is 0.326 e. The van der Waals surface area contributed by atoms with Crippen molar-refractivity contribution in [2.24, 2.45) is 5.92 Å². The quantitative estimate of drug-likeness (QED) is 0.0289. The van der Waals surface area contributed by atoms with Gasteiger partial charge in [0.2, 0.25) is 0 Å². The summed E-state index contributed by atoms with van der Waals surface area (Å²) < 4.78 is 5.64. The molecule has 0 radical (unpaired) electrons. The van der Waals surface area contributed by atoms with E-state index in [0.29, 0.717) is 28.1 Å². The van der Waals surface area contributed by atoms with Crippen molar-refractivity contribution < 1.29 is 19.4 Å². The van der Waals surface area contributed by atoms with Crippen LogP contribution in [0.5, 0.6) is 5.75 Å². The van der Waals surface area contributed by atoms with Crippen LogP contribution in [-0.4, -0.2) is 37.0 Å². The van der Waals surface area contributed by atoms with E-state index in [1.807, 2.05) is 6.07 Å². The number of carbonyl (C=O) groups excluding carboxylic acids is 1. The predicted molar refractivity (Wildman–Crippen MR) is 388 cm³/mol. The van der Waals surface area contributed by atoms with Gasteiger partial charge in [-0.25, -0.2) is 9.97 Å². The first-order chi connectivity index (χ1) is 44.2. The minimum atomic E-state index is -1.26. The maximum absolute atomic E-state index is 12.9. The number of nitrogens with one attached hydrogen (secondary N) is 2. The van der Waals surface area contributed by atoms with Crippen LogP contribution in [-0.2, 0) is 50.5 Å². The lowest BCUT2D eigenvalue weighted by molar-refractivity contribution is -0.153. The Bertz CT molecular complexity index is 4260. The number of carboxylic acid groups (broad SMARTS) is 1. The monoisotopic (exact) mass is 1240 g/mol. The number of rotatable bonds is 16. The van der Waals surface area contributed by atoms with Gasteiger partial charge < -0.3 is 24.7 Å². The van der Waals surface area contributed by atoms with Gasteiger partial charge in [0.1, 0.15) is 5.75 Å². The van der Waals surface area contributed by atoms with E-state index in [1.54, 1.807) is 12.1 Å². The molecule has 11 rings (SSSR count). The minimum Gasteiger partial charge on any atom is -0.481 e. The van der Waals surface area contributed by atoms with Gasteiger partial charge in [-0.2, -0.15) is 0 Å². The second kappa shape index (κ2) is 26.5. The lowest BCUT2D eigenvalue weighted by atomic mass is 9.78. The third-order valence-electron chi connectivity index (χ3n) is 18.5. The summed E-state index contributed by atoms with van der Waals surface area (Å²) in [5.74, 6) is 4.06. The number of H-pyrrole nitrogens is 2. The maximum Gasteiger partial charge on any atom is 0.326 e. The van der Waals surface area contributed by atoms with Crippen LogP contribution in [0.4, 0.5) is 17.1 Å². The first kappa shape index (κ1) is 65.5. The van der Waals surface area contributed by atoms with Crippen LogP contribution in [0, 0.1) is 17.8 Å². The summed E-state index contributed by atoms with van der Waals surface area (Å²) in [7, 11) is 0. The molecule has 0 saturated carbocycles. The summed E-state index contributed by atoms with van der Waals surface area (Å²) in [6.45, 7) is 31.9. The highest BCUT2D eigenvalue weighted by molar-refractivity contribution is 6.00. The van der Waals surface area contributed by atoms with Gasteiger partial charge in [-0.1, -0.05) is 214 Å². The number of nitrogens with zero attached hydrogens (tertiary/aromatic N) is 3. The largest absolute Gasteiger partial charge is 0.481 e. The zero-order valence-electron chi connectivity index (χ0n) is 57.3. The Labute approximate surface area is 551 Å². The van der Waals surface area contributed by atoms with E-state index in [4.69, 9.17) is 14.7 Å². The number of aromatic amines is 2. The Morgan fingerprint density at radius 3 is 1.43 bits per heavy atom. The first-order valence-electron chi connectivity index (χ1n) is 33.8. The Morgan fingerprint density at radius 1 is 0.516 bits per heavy atom. The third kappa shape index (κ3) is 14.6. The van der Waals surface area contributed by atoms with Gasteiger partial charge in [0.25, 0.3) is 0 Å². The number of aromatic nitrogens is 4. The molecule has 9 heteroatoms. The fraction of sp³-hybridized carbons (Fsp3) is 0.357. The van der Waals surface area contributed by atoms with Crippen LogP contribution in [0.3, 0.4) is 0 Å². The maximum atomic E-state index is 12.9. The van der Waals surface area contributed by atoms with E-state index >= 15 is 0 Å². The number of aryl methyl sites for hydroxylation is 2.